The summed E-state index contributed by atoms with van der Waals surface area (Å²) in [5.74, 6) is 1.33. The third-order valence-electron chi connectivity index (χ3n) is 6.34. The smallest absolute Gasteiger partial charge is 0.407 e. The van der Waals surface area contributed by atoms with Crippen molar-refractivity contribution in [2.45, 2.75) is 76.1 Å². The molecule has 10 heteroatoms. The van der Waals surface area contributed by atoms with Crippen molar-refractivity contribution >= 4 is 23.2 Å². The number of alkyl halides is 1. The Labute approximate surface area is 185 Å². The molecule has 3 heterocycles. The fraction of sp³-hybridized carbons (Fsp3) is 0.545. The van der Waals surface area contributed by atoms with Crippen LogP contribution in [0, 0.1) is 0 Å². The van der Waals surface area contributed by atoms with Gasteiger partial charge in [0.1, 0.15) is 17.8 Å². The lowest BCUT2D eigenvalue weighted by Gasteiger charge is -2.22. The molecule has 0 unspecified atom stereocenters. The number of nitrogens with zero attached hydrogens (tertiary/aromatic N) is 4. The number of nitrogens with one attached hydrogen (secondary N) is 3. The Morgan fingerprint density at radius 3 is 2.88 bits per heavy atom. The molecular weight excluding hydrogens is 413 g/mol. The number of aromatic nitrogens is 5. The van der Waals surface area contributed by atoms with Crippen LogP contribution in [0.25, 0.3) is 5.52 Å². The molecule has 5 rings (SSSR count). The van der Waals surface area contributed by atoms with Crippen molar-refractivity contribution < 1.29 is 13.9 Å². The second-order valence-electron chi connectivity index (χ2n) is 9.01. The molecular formula is C22H28FN7O2. The Morgan fingerprint density at radius 2 is 2.12 bits per heavy atom. The molecule has 0 bridgehead atoms. The first-order chi connectivity index (χ1) is 15.5. The number of hydrogen-bond donors (Lipinski definition) is 3. The van der Waals surface area contributed by atoms with Crippen molar-refractivity contribution in [3.8, 4) is 0 Å². The predicted molar refractivity (Wildman–Crippen MR) is 117 cm³/mol. The van der Waals surface area contributed by atoms with E-state index in [9.17, 15) is 4.79 Å². The molecule has 3 N–H and O–H groups in total. The van der Waals surface area contributed by atoms with Crippen LogP contribution in [0.3, 0.4) is 0 Å². The number of rotatable bonds is 6. The summed E-state index contributed by atoms with van der Waals surface area (Å²) in [5, 5.41) is 17.8. The van der Waals surface area contributed by atoms with Gasteiger partial charge in [-0.05, 0) is 45.6 Å². The van der Waals surface area contributed by atoms with Gasteiger partial charge in [0.25, 0.3) is 0 Å². The average molecular weight is 442 g/mol. The third kappa shape index (κ3) is 4.01. The Kier molecular flexibility index (Phi) is 5.44. The Hall–Kier alpha value is -3.17. The second-order valence-corrected chi connectivity index (χ2v) is 9.01. The monoisotopic (exact) mass is 441 g/mol. The normalized spacial score (nSPS) is 23.4. The number of fused-ring (bicyclic) bond motifs is 1. The molecule has 2 aliphatic carbocycles. The average Bonchev–Trinajstić information content (AvgIpc) is 3.40. The minimum absolute atomic E-state index is 0.0577. The summed E-state index contributed by atoms with van der Waals surface area (Å²) < 4.78 is 22.1. The summed E-state index contributed by atoms with van der Waals surface area (Å²) in [7, 11) is 0. The van der Waals surface area contributed by atoms with Crippen molar-refractivity contribution in [3.05, 3.63) is 35.9 Å². The number of alkyl carbamates (subject to hydrolysis) is 1. The van der Waals surface area contributed by atoms with Gasteiger partial charge in [-0.25, -0.2) is 18.7 Å². The Balaban J connectivity index is 1.27. The molecule has 9 nitrogen and oxygen atoms in total. The van der Waals surface area contributed by atoms with Crippen molar-refractivity contribution in [1.82, 2.24) is 30.1 Å². The van der Waals surface area contributed by atoms with Crippen LogP contribution in [0.1, 0.15) is 69.2 Å². The first-order valence-corrected chi connectivity index (χ1v) is 11.3. The standard InChI is InChI=1S/C22H28FN7O2/c1-12(2)25-22(31)32-18-7-6-14(20(18)23)16-11-19(28-27-16)26-21-17-10-15(13-4-3-5-13)29-30(17)9-8-24-21/h8-14,18,20H,3-7H2,1-2H3,(H,25,31)(H2,24,26,27,28)/t14-,18-,20-/m1/s1. The van der Waals surface area contributed by atoms with E-state index in [4.69, 9.17) is 4.74 Å². The quantitative estimate of drug-likeness (QED) is 0.529. The number of hydrogen-bond acceptors (Lipinski definition) is 6. The van der Waals surface area contributed by atoms with Gasteiger partial charge in [0.15, 0.2) is 11.6 Å². The number of ether oxygens (including phenoxy) is 1. The van der Waals surface area contributed by atoms with E-state index >= 15 is 4.39 Å². The minimum Gasteiger partial charge on any atom is -0.443 e. The Bertz CT molecular complexity index is 1110. The summed E-state index contributed by atoms with van der Waals surface area (Å²) in [6, 6.07) is 3.81. The largest absolute Gasteiger partial charge is 0.443 e. The molecule has 0 radical (unpaired) electrons. The third-order valence-corrected chi connectivity index (χ3v) is 6.34. The first-order valence-electron chi connectivity index (χ1n) is 11.3. The summed E-state index contributed by atoms with van der Waals surface area (Å²) in [6.07, 6.45) is 5.55. The summed E-state index contributed by atoms with van der Waals surface area (Å²) >= 11 is 0. The van der Waals surface area contributed by atoms with Gasteiger partial charge in [-0.2, -0.15) is 10.2 Å². The predicted octanol–water partition coefficient (Wildman–Crippen LogP) is 4.18. The van der Waals surface area contributed by atoms with Crippen molar-refractivity contribution in [3.63, 3.8) is 0 Å². The molecule has 170 valence electrons. The van der Waals surface area contributed by atoms with E-state index in [2.05, 4.69) is 37.0 Å². The highest BCUT2D eigenvalue weighted by Crippen LogP contribution is 2.39. The summed E-state index contributed by atoms with van der Waals surface area (Å²) in [6.45, 7) is 3.66. The van der Waals surface area contributed by atoms with E-state index < -0.39 is 24.3 Å². The molecule has 3 aromatic rings. The molecule has 2 saturated carbocycles. The topological polar surface area (TPSA) is 109 Å². The number of anilines is 2. The Morgan fingerprint density at radius 1 is 1.28 bits per heavy atom. The number of H-pyrrole nitrogens is 1. The van der Waals surface area contributed by atoms with Crippen molar-refractivity contribution in [2.24, 2.45) is 0 Å². The van der Waals surface area contributed by atoms with Crippen LogP contribution in [-0.2, 0) is 4.74 Å². The van der Waals surface area contributed by atoms with Gasteiger partial charge in [-0.1, -0.05) is 6.42 Å². The molecule has 0 saturated heterocycles. The van der Waals surface area contributed by atoms with Crippen molar-refractivity contribution in [2.75, 3.05) is 5.32 Å². The van der Waals surface area contributed by atoms with Gasteiger partial charge in [0.2, 0.25) is 0 Å². The molecule has 3 aromatic heterocycles. The number of carbonyl (C=O) groups excluding carboxylic acids is 1. The number of carbonyl (C=O) groups is 1. The lowest BCUT2D eigenvalue weighted by atomic mass is 9.83. The fourth-order valence-electron chi connectivity index (χ4n) is 4.43. The number of halogens is 1. The zero-order valence-electron chi connectivity index (χ0n) is 18.2. The van der Waals surface area contributed by atoms with Crippen LogP contribution < -0.4 is 10.6 Å². The molecule has 2 fully saturated rings. The van der Waals surface area contributed by atoms with Gasteiger partial charge in [-0.15, -0.1) is 0 Å². The maximum Gasteiger partial charge on any atom is 0.407 e. The van der Waals surface area contributed by atoms with E-state index in [0.717, 1.165) is 11.2 Å². The molecule has 1 amide bonds. The van der Waals surface area contributed by atoms with Crippen molar-refractivity contribution in [1.29, 1.82) is 0 Å². The van der Waals surface area contributed by atoms with Gasteiger partial charge in [0, 0.05) is 42.0 Å². The summed E-state index contributed by atoms with van der Waals surface area (Å²) in [5.41, 5.74) is 2.65. The maximum atomic E-state index is 15.0. The highest BCUT2D eigenvalue weighted by molar-refractivity contribution is 5.72. The fourth-order valence-corrected chi connectivity index (χ4v) is 4.43. The van der Waals surface area contributed by atoms with Crippen LogP contribution >= 0.6 is 0 Å². The lowest BCUT2D eigenvalue weighted by Crippen LogP contribution is -2.36. The van der Waals surface area contributed by atoms with E-state index in [0.29, 0.717) is 36.1 Å². The van der Waals surface area contributed by atoms with Gasteiger partial charge in [0.05, 0.1) is 5.69 Å². The maximum absolute atomic E-state index is 15.0. The van der Waals surface area contributed by atoms with Crippen LogP contribution in [-0.4, -0.2) is 49.2 Å². The molecule has 0 spiro atoms. The van der Waals surface area contributed by atoms with Crippen LogP contribution in [0.15, 0.2) is 24.5 Å². The number of aromatic amines is 1. The molecule has 0 aromatic carbocycles. The molecule has 3 atom stereocenters. The van der Waals surface area contributed by atoms with Crippen LogP contribution in [0.4, 0.5) is 20.8 Å². The van der Waals surface area contributed by atoms with Crippen LogP contribution in [0.5, 0.6) is 0 Å². The lowest BCUT2D eigenvalue weighted by molar-refractivity contribution is 0.0555. The molecule has 32 heavy (non-hydrogen) atoms. The summed E-state index contributed by atoms with van der Waals surface area (Å²) in [4.78, 5) is 16.3. The second kappa shape index (κ2) is 8.40. The van der Waals surface area contributed by atoms with Gasteiger partial charge < -0.3 is 15.4 Å². The van der Waals surface area contributed by atoms with Crippen LogP contribution in [0.2, 0.25) is 0 Å². The highest BCUT2D eigenvalue weighted by atomic mass is 19.1. The van der Waals surface area contributed by atoms with Gasteiger partial charge >= 0.3 is 6.09 Å². The van der Waals surface area contributed by atoms with E-state index in [1.54, 1.807) is 12.3 Å². The first kappa shape index (κ1) is 20.7. The van der Waals surface area contributed by atoms with E-state index in [1.165, 1.54) is 19.3 Å². The molecule has 0 aliphatic heterocycles. The van der Waals surface area contributed by atoms with Gasteiger partial charge in [-0.3, -0.25) is 5.10 Å². The SMILES string of the molecule is CC(C)NC(=O)O[C@@H]1CC[C@H](c2cc(Nc3nccn4nc(C5CCC5)cc34)n[nH]2)[C@H]1F. The van der Waals surface area contributed by atoms with E-state index in [1.807, 2.05) is 24.6 Å². The van der Waals surface area contributed by atoms with E-state index in [-0.39, 0.29) is 6.04 Å². The highest BCUT2D eigenvalue weighted by Gasteiger charge is 2.41. The molecule has 2 aliphatic rings. The number of amides is 1. The minimum atomic E-state index is -1.29. The zero-order valence-corrected chi connectivity index (χ0v) is 18.2. The zero-order chi connectivity index (χ0) is 22.2.